The topological polar surface area (TPSA) is 88.9 Å². The molecule has 0 radical (unpaired) electrons. The zero-order valence-electron chi connectivity index (χ0n) is 15.3. The first-order chi connectivity index (χ1) is 13.5. The van der Waals surface area contributed by atoms with Crippen molar-refractivity contribution in [1.82, 2.24) is 25.6 Å². The predicted molar refractivity (Wildman–Crippen MR) is 109 cm³/mol. The van der Waals surface area contributed by atoms with E-state index in [1.54, 1.807) is 24.3 Å². The predicted octanol–water partition coefficient (Wildman–Crippen LogP) is 3.00. The van der Waals surface area contributed by atoms with Gasteiger partial charge in [-0.05, 0) is 36.8 Å². The Labute approximate surface area is 171 Å². The third-order valence-corrected chi connectivity index (χ3v) is 5.25. The minimum absolute atomic E-state index is 0.0840. The standard InChI is InChI=1S/C19H18ClN5O2S/c1-12-5-3-4-6-15(12)17-22-24-19(25(17)2)28-11-16(26)21-23-18(27)13-7-9-14(20)10-8-13/h3-10H,11H2,1-2H3,(H,21,26)(H,23,27). The van der Waals surface area contributed by atoms with Gasteiger partial charge in [0.15, 0.2) is 11.0 Å². The molecule has 0 aliphatic heterocycles. The lowest BCUT2D eigenvalue weighted by Gasteiger charge is -2.08. The molecule has 9 heteroatoms. The van der Waals surface area contributed by atoms with Crippen LogP contribution in [0.3, 0.4) is 0 Å². The van der Waals surface area contributed by atoms with Gasteiger partial charge < -0.3 is 4.57 Å². The molecule has 0 atom stereocenters. The van der Waals surface area contributed by atoms with Gasteiger partial charge in [0.25, 0.3) is 5.91 Å². The smallest absolute Gasteiger partial charge is 0.269 e. The Balaban J connectivity index is 1.54. The number of nitrogens with one attached hydrogen (secondary N) is 2. The van der Waals surface area contributed by atoms with Crippen molar-refractivity contribution in [2.75, 3.05) is 5.75 Å². The van der Waals surface area contributed by atoms with Crippen LogP contribution in [0.4, 0.5) is 0 Å². The molecule has 3 aromatic rings. The van der Waals surface area contributed by atoms with Crippen LogP contribution < -0.4 is 10.9 Å². The van der Waals surface area contributed by atoms with Crippen LogP contribution in [0.5, 0.6) is 0 Å². The van der Waals surface area contributed by atoms with E-state index in [0.29, 0.717) is 15.7 Å². The molecule has 144 valence electrons. The molecule has 0 unspecified atom stereocenters. The maximum absolute atomic E-state index is 12.0. The number of carbonyl (C=O) groups is 2. The van der Waals surface area contributed by atoms with Crippen LogP contribution in [0.2, 0.25) is 5.02 Å². The van der Waals surface area contributed by atoms with Crippen molar-refractivity contribution < 1.29 is 9.59 Å². The summed E-state index contributed by atoms with van der Waals surface area (Å²) in [5.41, 5.74) is 7.23. The molecule has 0 spiro atoms. The van der Waals surface area contributed by atoms with Crippen LogP contribution in [0, 0.1) is 6.92 Å². The fourth-order valence-corrected chi connectivity index (χ4v) is 3.30. The number of aryl methyl sites for hydroxylation is 1. The van der Waals surface area contributed by atoms with Gasteiger partial charge in [0.05, 0.1) is 5.75 Å². The molecule has 1 heterocycles. The van der Waals surface area contributed by atoms with Gasteiger partial charge in [-0.1, -0.05) is 47.6 Å². The summed E-state index contributed by atoms with van der Waals surface area (Å²) in [5.74, 6) is 0.0426. The van der Waals surface area contributed by atoms with Crippen molar-refractivity contribution >= 4 is 35.2 Å². The van der Waals surface area contributed by atoms with E-state index in [1.165, 1.54) is 11.8 Å². The summed E-state index contributed by atoms with van der Waals surface area (Å²) < 4.78 is 1.84. The molecule has 0 fully saturated rings. The molecule has 0 saturated carbocycles. The van der Waals surface area contributed by atoms with Gasteiger partial charge in [0, 0.05) is 23.2 Å². The molecule has 7 nitrogen and oxygen atoms in total. The first-order valence-corrected chi connectivity index (χ1v) is 9.75. The highest BCUT2D eigenvalue weighted by Gasteiger charge is 2.14. The molecule has 28 heavy (non-hydrogen) atoms. The second-order valence-electron chi connectivity index (χ2n) is 5.98. The maximum atomic E-state index is 12.0. The van der Waals surface area contributed by atoms with Gasteiger partial charge in [-0.3, -0.25) is 20.4 Å². The van der Waals surface area contributed by atoms with Crippen LogP contribution in [0.15, 0.2) is 53.7 Å². The zero-order chi connectivity index (χ0) is 20.1. The van der Waals surface area contributed by atoms with Gasteiger partial charge >= 0.3 is 0 Å². The quantitative estimate of drug-likeness (QED) is 0.494. The highest BCUT2D eigenvalue weighted by atomic mass is 35.5. The van der Waals surface area contributed by atoms with Crippen LogP contribution in [0.25, 0.3) is 11.4 Å². The van der Waals surface area contributed by atoms with E-state index in [1.807, 2.05) is 42.8 Å². The molecule has 2 amide bonds. The van der Waals surface area contributed by atoms with Gasteiger partial charge in [-0.25, -0.2) is 0 Å². The summed E-state index contributed by atoms with van der Waals surface area (Å²) in [7, 11) is 1.85. The number of hydrogen-bond donors (Lipinski definition) is 2. The van der Waals surface area contributed by atoms with Crippen molar-refractivity contribution in [2.45, 2.75) is 12.1 Å². The Morgan fingerprint density at radius 1 is 1.07 bits per heavy atom. The number of thioether (sulfide) groups is 1. The number of hydrazine groups is 1. The van der Waals surface area contributed by atoms with Crippen molar-refractivity contribution in [3.63, 3.8) is 0 Å². The molecular formula is C19H18ClN5O2S. The first kappa shape index (κ1) is 19.9. The minimum Gasteiger partial charge on any atom is -0.305 e. The number of amides is 2. The zero-order valence-corrected chi connectivity index (χ0v) is 16.8. The molecule has 0 bridgehead atoms. The van der Waals surface area contributed by atoms with Crippen LogP contribution in [-0.2, 0) is 11.8 Å². The Hall–Kier alpha value is -2.84. The van der Waals surface area contributed by atoms with E-state index in [4.69, 9.17) is 11.6 Å². The molecule has 2 N–H and O–H groups in total. The van der Waals surface area contributed by atoms with Crippen LogP contribution >= 0.6 is 23.4 Å². The Kier molecular flexibility index (Phi) is 6.33. The lowest BCUT2D eigenvalue weighted by molar-refractivity contribution is -0.119. The summed E-state index contributed by atoms with van der Waals surface area (Å²) in [5, 5.41) is 9.52. The number of nitrogens with zero attached hydrogens (tertiary/aromatic N) is 3. The molecular weight excluding hydrogens is 398 g/mol. The summed E-state index contributed by atoms with van der Waals surface area (Å²) in [6.07, 6.45) is 0. The maximum Gasteiger partial charge on any atom is 0.269 e. The average molecular weight is 416 g/mol. The summed E-state index contributed by atoms with van der Waals surface area (Å²) in [6.45, 7) is 2.01. The van der Waals surface area contributed by atoms with Gasteiger partial charge in [-0.2, -0.15) is 0 Å². The number of aromatic nitrogens is 3. The van der Waals surface area contributed by atoms with Crippen molar-refractivity contribution in [3.05, 3.63) is 64.7 Å². The van der Waals surface area contributed by atoms with Crippen molar-refractivity contribution in [1.29, 1.82) is 0 Å². The monoisotopic (exact) mass is 415 g/mol. The summed E-state index contributed by atoms with van der Waals surface area (Å²) >= 11 is 7.02. The lowest BCUT2D eigenvalue weighted by Crippen LogP contribution is -2.42. The van der Waals surface area contributed by atoms with Gasteiger partial charge in [0.2, 0.25) is 5.91 Å². The highest BCUT2D eigenvalue weighted by Crippen LogP contribution is 2.24. The number of rotatable bonds is 5. The fraction of sp³-hybridized carbons (Fsp3) is 0.158. The van der Waals surface area contributed by atoms with Gasteiger partial charge in [-0.15, -0.1) is 10.2 Å². The third kappa shape index (κ3) is 4.71. The van der Waals surface area contributed by atoms with Crippen molar-refractivity contribution in [3.8, 4) is 11.4 Å². The number of benzene rings is 2. The molecule has 0 aliphatic rings. The fourth-order valence-electron chi connectivity index (χ4n) is 2.47. The average Bonchev–Trinajstić information content (AvgIpc) is 3.05. The Bertz CT molecular complexity index is 1000. The van der Waals surface area contributed by atoms with Crippen LogP contribution in [-0.4, -0.2) is 32.3 Å². The van der Waals surface area contributed by atoms with E-state index in [9.17, 15) is 9.59 Å². The van der Waals surface area contributed by atoms with E-state index >= 15 is 0 Å². The Morgan fingerprint density at radius 2 is 1.79 bits per heavy atom. The highest BCUT2D eigenvalue weighted by molar-refractivity contribution is 7.99. The third-order valence-electron chi connectivity index (χ3n) is 3.98. The lowest BCUT2D eigenvalue weighted by atomic mass is 10.1. The molecule has 0 aliphatic carbocycles. The molecule has 0 saturated heterocycles. The SMILES string of the molecule is Cc1ccccc1-c1nnc(SCC(=O)NNC(=O)c2ccc(Cl)cc2)n1C. The summed E-state index contributed by atoms with van der Waals surface area (Å²) in [4.78, 5) is 24.0. The second kappa shape index (κ2) is 8.90. The number of carbonyl (C=O) groups excluding carboxylic acids is 2. The molecule has 1 aromatic heterocycles. The normalized spacial score (nSPS) is 10.5. The van der Waals surface area contributed by atoms with E-state index < -0.39 is 5.91 Å². The number of hydrogen-bond acceptors (Lipinski definition) is 5. The Morgan fingerprint density at radius 3 is 2.50 bits per heavy atom. The number of halogens is 1. The first-order valence-electron chi connectivity index (χ1n) is 8.38. The molecule has 3 rings (SSSR count). The van der Waals surface area contributed by atoms with Gasteiger partial charge in [0.1, 0.15) is 0 Å². The van der Waals surface area contributed by atoms with E-state index in [-0.39, 0.29) is 11.7 Å². The van der Waals surface area contributed by atoms with E-state index in [2.05, 4.69) is 21.0 Å². The largest absolute Gasteiger partial charge is 0.305 e. The minimum atomic E-state index is -0.421. The summed E-state index contributed by atoms with van der Waals surface area (Å²) in [6, 6.07) is 14.3. The second-order valence-corrected chi connectivity index (χ2v) is 7.36. The van der Waals surface area contributed by atoms with Crippen LogP contribution in [0.1, 0.15) is 15.9 Å². The van der Waals surface area contributed by atoms with E-state index in [0.717, 1.165) is 17.0 Å². The molecule has 2 aromatic carbocycles. The van der Waals surface area contributed by atoms with Crippen molar-refractivity contribution in [2.24, 2.45) is 7.05 Å².